The van der Waals surface area contributed by atoms with Gasteiger partial charge in [0.2, 0.25) is 0 Å². The van der Waals surface area contributed by atoms with E-state index in [0.717, 1.165) is 18.7 Å². The third kappa shape index (κ3) is 3.23. The van der Waals surface area contributed by atoms with Crippen LogP contribution in [-0.2, 0) is 4.74 Å². The number of likely N-dealkylation sites (N-methyl/N-ethyl adjacent to an activating group) is 1. The van der Waals surface area contributed by atoms with E-state index in [2.05, 4.69) is 34.1 Å². The first-order valence-corrected chi connectivity index (χ1v) is 6.17. The molecule has 5 heteroatoms. The maximum absolute atomic E-state index is 8.49. The zero-order valence-corrected chi connectivity index (χ0v) is 10.6. The molecule has 1 heterocycles. The van der Waals surface area contributed by atoms with Crippen LogP contribution in [0.4, 0.5) is 0 Å². The second kappa shape index (κ2) is 6.40. The first-order chi connectivity index (χ1) is 8.81. The second-order valence-electron chi connectivity index (χ2n) is 4.64. The summed E-state index contributed by atoms with van der Waals surface area (Å²) >= 11 is 0. The lowest BCUT2D eigenvalue weighted by Gasteiger charge is -2.25. The van der Waals surface area contributed by atoms with Gasteiger partial charge in [0.25, 0.3) is 0 Å². The summed E-state index contributed by atoms with van der Waals surface area (Å²) in [7, 11) is 2.07. The lowest BCUT2D eigenvalue weighted by Crippen LogP contribution is -2.28. The average Bonchev–Trinajstić information content (AvgIpc) is 2.59. The summed E-state index contributed by atoms with van der Waals surface area (Å²) in [4.78, 5) is 5.09. The molecule has 18 heavy (non-hydrogen) atoms. The SMILES string of the molecule is CN1CCO[C@H](c2ccccc2)[C@H](CN=[N+]=[N-])C1. The Kier molecular flexibility index (Phi) is 4.59. The first kappa shape index (κ1) is 12.9. The maximum Gasteiger partial charge on any atom is 0.0867 e. The van der Waals surface area contributed by atoms with E-state index in [0.29, 0.717) is 13.2 Å². The predicted molar refractivity (Wildman–Crippen MR) is 70.1 cm³/mol. The van der Waals surface area contributed by atoms with Crippen LogP contribution in [0.1, 0.15) is 11.7 Å². The van der Waals surface area contributed by atoms with Gasteiger partial charge in [-0.1, -0.05) is 35.4 Å². The fourth-order valence-corrected chi connectivity index (χ4v) is 2.36. The van der Waals surface area contributed by atoms with E-state index in [1.54, 1.807) is 0 Å². The fourth-order valence-electron chi connectivity index (χ4n) is 2.36. The van der Waals surface area contributed by atoms with Gasteiger partial charge < -0.3 is 9.64 Å². The van der Waals surface area contributed by atoms with E-state index in [9.17, 15) is 0 Å². The minimum atomic E-state index is 0.0154. The van der Waals surface area contributed by atoms with Crippen LogP contribution in [0.25, 0.3) is 10.4 Å². The molecule has 0 aliphatic carbocycles. The Morgan fingerprint density at radius 2 is 2.22 bits per heavy atom. The van der Waals surface area contributed by atoms with Gasteiger partial charge in [-0.05, 0) is 18.1 Å². The lowest BCUT2D eigenvalue weighted by molar-refractivity contribution is 0.0332. The average molecular weight is 246 g/mol. The molecule has 1 aliphatic heterocycles. The summed E-state index contributed by atoms with van der Waals surface area (Å²) in [6, 6.07) is 10.2. The minimum absolute atomic E-state index is 0.0154. The molecule has 2 atom stereocenters. The van der Waals surface area contributed by atoms with Crippen molar-refractivity contribution in [2.75, 3.05) is 33.3 Å². The smallest absolute Gasteiger partial charge is 0.0867 e. The number of azide groups is 1. The van der Waals surface area contributed by atoms with E-state index in [1.165, 1.54) is 0 Å². The Hall–Kier alpha value is -1.55. The van der Waals surface area contributed by atoms with E-state index in [1.807, 2.05) is 18.2 Å². The van der Waals surface area contributed by atoms with Crippen LogP contribution in [0.15, 0.2) is 35.4 Å². The standard InChI is InChI=1S/C13H18N4O/c1-17-7-8-18-13(11-5-3-2-4-6-11)12(10-17)9-15-16-14/h2-6,12-13H,7-10H2,1H3/t12-,13-/m1/s1. The Labute approximate surface area is 107 Å². The number of hydrogen-bond donors (Lipinski definition) is 0. The molecule has 1 aromatic carbocycles. The van der Waals surface area contributed by atoms with Crippen molar-refractivity contribution in [1.82, 2.24) is 4.90 Å². The lowest BCUT2D eigenvalue weighted by atomic mass is 9.95. The molecular weight excluding hydrogens is 228 g/mol. The molecule has 0 radical (unpaired) electrons. The van der Waals surface area contributed by atoms with E-state index >= 15 is 0 Å². The van der Waals surface area contributed by atoms with Crippen LogP contribution in [0, 0.1) is 5.92 Å². The van der Waals surface area contributed by atoms with Crippen molar-refractivity contribution in [3.05, 3.63) is 46.3 Å². The van der Waals surface area contributed by atoms with E-state index in [4.69, 9.17) is 10.3 Å². The van der Waals surface area contributed by atoms with Gasteiger partial charge in [-0.25, -0.2) is 0 Å². The van der Waals surface area contributed by atoms with Gasteiger partial charge >= 0.3 is 0 Å². The van der Waals surface area contributed by atoms with Crippen molar-refractivity contribution in [1.29, 1.82) is 0 Å². The molecule has 0 saturated carbocycles. The number of ether oxygens (including phenoxy) is 1. The molecule has 0 aromatic heterocycles. The molecule has 5 nitrogen and oxygen atoms in total. The topological polar surface area (TPSA) is 61.2 Å². The zero-order chi connectivity index (χ0) is 12.8. The van der Waals surface area contributed by atoms with Crippen LogP contribution in [0.5, 0.6) is 0 Å². The highest BCUT2D eigenvalue weighted by Gasteiger charge is 2.27. The molecule has 2 rings (SSSR count). The van der Waals surface area contributed by atoms with Crippen LogP contribution in [0.2, 0.25) is 0 Å². The second-order valence-corrected chi connectivity index (χ2v) is 4.64. The number of benzene rings is 1. The number of rotatable bonds is 3. The summed E-state index contributed by atoms with van der Waals surface area (Å²) < 4.78 is 5.94. The maximum atomic E-state index is 8.49. The summed E-state index contributed by atoms with van der Waals surface area (Å²) in [5.74, 6) is 0.204. The highest BCUT2D eigenvalue weighted by atomic mass is 16.5. The van der Waals surface area contributed by atoms with Crippen molar-refractivity contribution < 1.29 is 4.74 Å². The quantitative estimate of drug-likeness (QED) is 0.467. The van der Waals surface area contributed by atoms with Gasteiger partial charge in [-0.3, -0.25) is 0 Å². The van der Waals surface area contributed by atoms with Crippen molar-refractivity contribution in [3.63, 3.8) is 0 Å². The normalized spacial score (nSPS) is 25.2. The highest BCUT2D eigenvalue weighted by molar-refractivity contribution is 5.18. The number of nitrogens with zero attached hydrogens (tertiary/aromatic N) is 4. The van der Waals surface area contributed by atoms with Gasteiger partial charge in [0.15, 0.2) is 0 Å². The van der Waals surface area contributed by atoms with Gasteiger partial charge in [0, 0.05) is 30.5 Å². The van der Waals surface area contributed by atoms with Crippen LogP contribution in [-0.4, -0.2) is 38.2 Å². The largest absolute Gasteiger partial charge is 0.372 e. The van der Waals surface area contributed by atoms with Gasteiger partial charge in [0.05, 0.1) is 12.7 Å². The molecule has 1 fully saturated rings. The van der Waals surface area contributed by atoms with Gasteiger partial charge in [0.1, 0.15) is 0 Å². The van der Waals surface area contributed by atoms with Crippen LogP contribution in [0.3, 0.4) is 0 Å². The van der Waals surface area contributed by atoms with E-state index < -0.39 is 0 Å². The molecule has 0 bridgehead atoms. The molecule has 0 unspecified atom stereocenters. The summed E-state index contributed by atoms with van der Waals surface area (Å²) in [6.45, 7) is 2.98. The predicted octanol–water partition coefficient (Wildman–Crippen LogP) is 2.62. The first-order valence-electron chi connectivity index (χ1n) is 6.17. The monoisotopic (exact) mass is 246 g/mol. The Morgan fingerprint density at radius 1 is 1.44 bits per heavy atom. The zero-order valence-electron chi connectivity index (χ0n) is 10.6. The summed E-state index contributed by atoms with van der Waals surface area (Å²) in [5, 5.41) is 3.72. The summed E-state index contributed by atoms with van der Waals surface area (Å²) in [5.41, 5.74) is 9.65. The molecule has 96 valence electrons. The highest BCUT2D eigenvalue weighted by Crippen LogP contribution is 2.29. The Balaban J connectivity index is 2.20. The van der Waals surface area contributed by atoms with Crippen LogP contribution >= 0.6 is 0 Å². The van der Waals surface area contributed by atoms with Gasteiger partial charge in [-0.15, -0.1) is 0 Å². The Morgan fingerprint density at radius 3 is 2.94 bits per heavy atom. The minimum Gasteiger partial charge on any atom is -0.372 e. The van der Waals surface area contributed by atoms with Crippen molar-refractivity contribution in [3.8, 4) is 0 Å². The Bertz CT molecular complexity index is 416. The molecular formula is C13H18N4O. The van der Waals surface area contributed by atoms with Crippen molar-refractivity contribution >= 4 is 0 Å². The molecule has 1 aromatic rings. The third-order valence-corrected chi connectivity index (χ3v) is 3.25. The molecule has 1 saturated heterocycles. The number of hydrogen-bond acceptors (Lipinski definition) is 3. The molecule has 0 N–H and O–H groups in total. The van der Waals surface area contributed by atoms with Gasteiger partial charge in [-0.2, -0.15) is 0 Å². The van der Waals surface area contributed by atoms with Crippen molar-refractivity contribution in [2.45, 2.75) is 6.10 Å². The summed E-state index contributed by atoms with van der Waals surface area (Å²) in [6.07, 6.45) is 0.0154. The molecule has 0 amide bonds. The van der Waals surface area contributed by atoms with E-state index in [-0.39, 0.29) is 12.0 Å². The van der Waals surface area contributed by atoms with Crippen LogP contribution < -0.4 is 0 Å². The molecule has 0 spiro atoms. The third-order valence-electron chi connectivity index (χ3n) is 3.25. The van der Waals surface area contributed by atoms with Crippen molar-refractivity contribution in [2.24, 2.45) is 11.0 Å². The fraction of sp³-hybridized carbons (Fsp3) is 0.538. The molecule has 1 aliphatic rings.